The number of aliphatic imine (C=N–C) groups is 1. The molecule has 2 aromatic rings. The maximum atomic E-state index is 13.5. The van der Waals surface area contributed by atoms with Crippen molar-refractivity contribution in [1.29, 1.82) is 0 Å². The molecule has 3 aliphatic rings. The molecule has 2 aliphatic heterocycles. The lowest BCUT2D eigenvalue weighted by Crippen LogP contribution is -2.43. The van der Waals surface area contributed by atoms with Gasteiger partial charge in [-0.15, -0.1) is 0 Å². The molecule has 2 heterocycles. The number of fused-ring (bicyclic) bond motifs is 1. The number of benzene rings is 2. The van der Waals surface area contributed by atoms with Crippen LogP contribution in [0.1, 0.15) is 44.2 Å². The van der Waals surface area contributed by atoms with Crippen LogP contribution in [0.25, 0.3) is 0 Å². The van der Waals surface area contributed by atoms with E-state index in [1.54, 1.807) is 11.8 Å². The second kappa shape index (κ2) is 9.43. The van der Waals surface area contributed by atoms with Crippen LogP contribution in [0.15, 0.2) is 70.9 Å². The Morgan fingerprint density at radius 2 is 1.79 bits per heavy atom. The summed E-state index contributed by atoms with van der Waals surface area (Å²) < 4.78 is 0. The van der Waals surface area contributed by atoms with E-state index in [0.717, 1.165) is 65.8 Å². The molecule has 0 bridgehead atoms. The van der Waals surface area contributed by atoms with Crippen molar-refractivity contribution in [1.82, 2.24) is 4.90 Å². The molecule has 2 fully saturated rings. The maximum absolute atomic E-state index is 13.5. The van der Waals surface area contributed by atoms with Gasteiger partial charge in [0.15, 0.2) is 5.17 Å². The fraction of sp³-hybridized carbons (Fsp3) is 0.346. The van der Waals surface area contributed by atoms with Crippen LogP contribution in [-0.4, -0.2) is 34.2 Å². The highest BCUT2D eigenvalue weighted by Gasteiger charge is 2.37. The summed E-state index contributed by atoms with van der Waals surface area (Å²) in [6.07, 6.45) is 4.08. The lowest BCUT2D eigenvalue weighted by Gasteiger charge is -2.41. The van der Waals surface area contributed by atoms with Crippen molar-refractivity contribution >= 4 is 40.1 Å². The summed E-state index contributed by atoms with van der Waals surface area (Å²) in [7, 11) is 0. The van der Waals surface area contributed by atoms with Gasteiger partial charge >= 0.3 is 0 Å². The third-order valence-electron chi connectivity index (χ3n) is 6.48. The van der Waals surface area contributed by atoms with Crippen molar-refractivity contribution < 1.29 is 9.59 Å². The Balaban J connectivity index is 1.48. The molecule has 1 atom stereocenters. The molecular weight excluding hydrogens is 432 g/mol. The molecule has 170 valence electrons. The molecular formula is C26H28N4O2S. The summed E-state index contributed by atoms with van der Waals surface area (Å²) in [4.78, 5) is 33.0. The molecule has 33 heavy (non-hydrogen) atoms. The van der Waals surface area contributed by atoms with Crippen molar-refractivity contribution in [2.75, 3.05) is 22.9 Å². The zero-order valence-electron chi connectivity index (χ0n) is 18.7. The first kappa shape index (κ1) is 21.8. The standard InChI is InChI=1S/C26H28N4O2S/c1-17-22(25(32)28-20-11-3-2-4-12-20)23(30-14-7-15-33-26(30)27-17)19-10-6-13-21(16-19)29-24(31)18-8-5-9-18/h2-4,6,10-13,16,18,23H,5,7-9,14-15H2,1H3,(H,28,32)(H,29,31). The lowest BCUT2D eigenvalue weighted by molar-refractivity contribution is -0.122. The molecule has 7 heteroatoms. The van der Waals surface area contributed by atoms with Crippen LogP contribution < -0.4 is 10.6 Å². The number of hydrogen-bond donors (Lipinski definition) is 2. The molecule has 0 aromatic heterocycles. The molecule has 6 nitrogen and oxygen atoms in total. The number of rotatable bonds is 5. The van der Waals surface area contributed by atoms with Crippen LogP contribution in [0.2, 0.25) is 0 Å². The number of carbonyl (C=O) groups is 2. The topological polar surface area (TPSA) is 73.8 Å². The molecule has 0 radical (unpaired) electrons. The second-order valence-corrected chi connectivity index (χ2v) is 9.82. The van der Waals surface area contributed by atoms with E-state index in [2.05, 4.69) is 15.5 Å². The number of anilines is 2. The van der Waals surface area contributed by atoms with Crippen molar-refractivity contribution in [2.24, 2.45) is 10.9 Å². The molecule has 2 N–H and O–H groups in total. The number of nitrogens with one attached hydrogen (secondary N) is 2. The van der Waals surface area contributed by atoms with Crippen molar-refractivity contribution in [3.63, 3.8) is 0 Å². The van der Waals surface area contributed by atoms with E-state index in [0.29, 0.717) is 5.57 Å². The first-order valence-corrected chi connectivity index (χ1v) is 12.5. The van der Waals surface area contributed by atoms with Gasteiger partial charge in [0.05, 0.1) is 17.3 Å². The molecule has 1 saturated carbocycles. The lowest BCUT2D eigenvalue weighted by atomic mass is 9.85. The summed E-state index contributed by atoms with van der Waals surface area (Å²) in [6.45, 7) is 2.75. The van der Waals surface area contributed by atoms with Gasteiger partial charge in [-0.1, -0.05) is 48.5 Å². The second-order valence-electron chi connectivity index (χ2n) is 8.75. The van der Waals surface area contributed by atoms with E-state index >= 15 is 0 Å². The minimum atomic E-state index is -0.255. The van der Waals surface area contributed by atoms with Crippen LogP contribution in [0.5, 0.6) is 0 Å². The van der Waals surface area contributed by atoms with Crippen LogP contribution >= 0.6 is 11.8 Å². The maximum Gasteiger partial charge on any atom is 0.255 e. The molecule has 2 aromatic carbocycles. The number of nitrogens with zero attached hydrogens (tertiary/aromatic N) is 2. The minimum absolute atomic E-state index is 0.0894. The van der Waals surface area contributed by atoms with Gasteiger partial charge in [-0.2, -0.15) is 0 Å². The predicted molar refractivity (Wildman–Crippen MR) is 134 cm³/mol. The third-order valence-corrected chi connectivity index (χ3v) is 7.56. The van der Waals surface area contributed by atoms with Gasteiger partial charge in [-0.25, -0.2) is 4.99 Å². The quantitative estimate of drug-likeness (QED) is 0.644. The Hall–Kier alpha value is -3.06. The summed E-state index contributed by atoms with van der Waals surface area (Å²) in [5, 5.41) is 7.09. The number of thioether (sulfide) groups is 1. The van der Waals surface area contributed by atoms with Crippen LogP contribution in [0, 0.1) is 5.92 Å². The smallest absolute Gasteiger partial charge is 0.255 e. The molecule has 1 unspecified atom stereocenters. The average Bonchev–Trinajstić information content (AvgIpc) is 2.77. The van der Waals surface area contributed by atoms with Crippen LogP contribution in [0.4, 0.5) is 11.4 Å². The number of allylic oxidation sites excluding steroid dienone is 1. The Kier molecular flexibility index (Phi) is 6.22. The number of para-hydroxylation sites is 1. The number of hydrogen-bond acceptors (Lipinski definition) is 5. The molecule has 1 aliphatic carbocycles. The van der Waals surface area contributed by atoms with Gasteiger partial charge in [0.2, 0.25) is 5.91 Å². The van der Waals surface area contributed by atoms with Gasteiger partial charge in [-0.3, -0.25) is 9.59 Å². The summed E-state index contributed by atoms with van der Waals surface area (Å²) in [5.41, 5.74) is 3.89. The predicted octanol–water partition coefficient (Wildman–Crippen LogP) is 5.19. The Labute approximate surface area is 198 Å². The average molecular weight is 461 g/mol. The third kappa shape index (κ3) is 4.55. The van der Waals surface area contributed by atoms with E-state index in [1.165, 1.54) is 0 Å². The fourth-order valence-electron chi connectivity index (χ4n) is 4.53. The molecule has 1 saturated heterocycles. The molecule has 0 spiro atoms. The van der Waals surface area contributed by atoms with E-state index in [1.807, 2.05) is 61.5 Å². The van der Waals surface area contributed by atoms with Gasteiger partial charge in [0, 0.05) is 29.6 Å². The van der Waals surface area contributed by atoms with Crippen molar-refractivity contribution in [3.05, 3.63) is 71.4 Å². The number of amides is 2. The van der Waals surface area contributed by atoms with Crippen molar-refractivity contribution in [3.8, 4) is 0 Å². The van der Waals surface area contributed by atoms with E-state index < -0.39 is 0 Å². The SMILES string of the molecule is CC1=C(C(=O)Nc2ccccc2)C(c2cccc(NC(=O)C3CCC3)c2)N2CCCSC2=N1. The monoisotopic (exact) mass is 460 g/mol. The Bertz CT molecular complexity index is 1120. The van der Waals surface area contributed by atoms with Gasteiger partial charge < -0.3 is 15.5 Å². The van der Waals surface area contributed by atoms with E-state index in [4.69, 9.17) is 4.99 Å². The summed E-state index contributed by atoms with van der Waals surface area (Å²) in [5.74, 6) is 1.09. The minimum Gasteiger partial charge on any atom is -0.340 e. The van der Waals surface area contributed by atoms with Crippen molar-refractivity contribution in [2.45, 2.75) is 38.6 Å². The highest BCUT2D eigenvalue weighted by Crippen LogP contribution is 2.40. The Morgan fingerprint density at radius 3 is 2.55 bits per heavy atom. The first-order valence-electron chi connectivity index (χ1n) is 11.6. The van der Waals surface area contributed by atoms with Crippen LogP contribution in [-0.2, 0) is 9.59 Å². The fourth-order valence-corrected chi connectivity index (χ4v) is 5.55. The van der Waals surface area contributed by atoms with Gasteiger partial charge in [-0.05, 0) is 56.0 Å². The normalized spacial score (nSPS) is 20.5. The zero-order valence-corrected chi connectivity index (χ0v) is 19.5. The Morgan fingerprint density at radius 1 is 1.00 bits per heavy atom. The van der Waals surface area contributed by atoms with E-state index in [9.17, 15) is 9.59 Å². The first-order chi connectivity index (χ1) is 16.1. The van der Waals surface area contributed by atoms with Gasteiger partial charge in [0.25, 0.3) is 5.91 Å². The largest absolute Gasteiger partial charge is 0.340 e. The number of amidine groups is 1. The summed E-state index contributed by atoms with van der Waals surface area (Å²) >= 11 is 1.74. The van der Waals surface area contributed by atoms with Crippen LogP contribution in [0.3, 0.4) is 0 Å². The highest BCUT2D eigenvalue weighted by atomic mass is 32.2. The summed E-state index contributed by atoms with van der Waals surface area (Å²) in [6, 6.07) is 17.2. The number of carbonyl (C=O) groups excluding carboxylic acids is 2. The zero-order chi connectivity index (χ0) is 22.8. The molecule has 5 rings (SSSR count). The molecule has 2 amide bonds. The van der Waals surface area contributed by atoms with E-state index in [-0.39, 0.29) is 23.8 Å². The highest BCUT2D eigenvalue weighted by molar-refractivity contribution is 8.13. The van der Waals surface area contributed by atoms with Gasteiger partial charge in [0.1, 0.15) is 0 Å².